The molecule has 3 rings (SSSR count). The number of carboxylic acid groups (broad SMARTS) is 1. The topological polar surface area (TPSA) is 100 Å². The molecule has 0 unspecified atom stereocenters. The number of hydrogen-bond donors (Lipinski definition) is 2. The summed E-state index contributed by atoms with van der Waals surface area (Å²) in [5.41, 5.74) is 4.53. The number of aromatic carboxylic acids is 1. The Morgan fingerprint density at radius 2 is 1.81 bits per heavy atom. The fraction of sp³-hybridized carbons (Fsp3) is 0.286. The molecule has 1 heterocycles. The normalized spacial score (nSPS) is 14.5. The summed E-state index contributed by atoms with van der Waals surface area (Å²) in [5, 5.41) is 13.0. The van der Waals surface area contributed by atoms with E-state index in [1.807, 2.05) is 17.0 Å². The van der Waals surface area contributed by atoms with Crippen LogP contribution in [-0.4, -0.2) is 60.9 Å². The lowest BCUT2D eigenvalue weighted by molar-refractivity contribution is -0.123. The first-order chi connectivity index (χ1) is 14.9. The van der Waals surface area contributed by atoms with Crippen molar-refractivity contribution < 1.29 is 24.2 Å². The monoisotopic (exact) mass is 649 g/mol. The summed E-state index contributed by atoms with van der Waals surface area (Å²) in [6.07, 6.45) is 1.61. The summed E-state index contributed by atoms with van der Waals surface area (Å²) in [4.78, 5) is 25.0. The van der Waals surface area contributed by atoms with E-state index < -0.39 is 5.97 Å². The number of nitrogens with one attached hydrogen (secondary N) is 1. The van der Waals surface area contributed by atoms with Crippen molar-refractivity contribution in [3.05, 3.63) is 60.2 Å². The number of carbonyl (C=O) groups excluding carboxylic acids is 1. The SMILES string of the molecule is O=C(CN1CCOCC1)N/N=C/c1cc(I)c(OCc2ccc(C(=O)O)cc2)c(I)c1. The van der Waals surface area contributed by atoms with E-state index in [4.69, 9.17) is 14.6 Å². The van der Waals surface area contributed by atoms with Crippen LogP contribution >= 0.6 is 45.2 Å². The molecule has 0 spiro atoms. The Bertz CT molecular complexity index is 937. The number of halogens is 2. The molecule has 1 amide bonds. The van der Waals surface area contributed by atoms with E-state index in [9.17, 15) is 9.59 Å². The fourth-order valence-electron chi connectivity index (χ4n) is 2.87. The van der Waals surface area contributed by atoms with Crippen LogP contribution in [0.1, 0.15) is 21.5 Å². The van der Waals surface area contributed by atoms with Gasteiger partial charge in [0.2, 0.25) is 0 Å². The predicted molar refractivity (Wildman–Crippen MR) is 133 cm³/mol. The van der Waals surface area contributed by atoms with E-state index in [1.54, 1.807) is 30.5 Å². The smallest absolute Gasteiger partial charge is 0.335 e. The minimum atomic E-state index is -0.953. The molecule has 31 heavy (non-hydrogen) atoms. The summed E-state index contributed by atoms with van der Waals surface area (Å²) in [5.74, 6) is -0.362. The number of hydrazone groups is 1. The number of amides is 1. The average molecular weight is 649 g/mol. The largest absolute Gasteiger partial charge is 0.487 e. The van der Waals surface area contributed by atoms with Crippen molar-refractivity contribution in [1.82, 2.24) is 10.3 Å². The van der Waals surface area contributed by atoms with Gasteiger partial charge in [-0.15, -0.1) is 0 Å². The molecule has 1 fully saturated rings. The summed E-state index contributed by atoms with van der Waals surface area (Å²) in [7, 11) is 0. The van der Waals surface area contributed by atoms with Crippen LogP contribution < -0.4 is 10.2 Å². The van der Waals surface area contributed by atoms with Crippen molar-refractivity contribution in [2.75, 3.05) is 32.8 Å². The highest BCUT2D eigenvalue weighted by Crippen LogP contribution is 2.29. The number of ether oxygens (including phenoxy) is 2. The van der Waals surface area contributed by atoms with E-state index >= 15 is 0 Å². The van der Waals surface area contributed by atoms with E-state index in [-0.39, 0.29) is 11.5 Å². The van der Waals surface area contributed by atoms with Crippen molar-refractivity contribution >= 4 is 63.3 Å². The summed E-state index contributed by atoms with van der Waals surface area (Å²) in [6, 6.07) is 10.4. The van der Waals surface area contributed by atoms with Crippen molar-refractivity contribution in [3.8, 4) is 5.75 Å². The number of carboxylic acids is 1. The third-order valence-corrected chi connectivity index (χ3v) is 6.08. The maximum absolute atomic E-state index is 12.0. The zero-order chi connectivity index (χ0) is 22.2. The van der Waals surface area contributed by atoms with Gasteiger partial charge in [0.05, 0.1) is 38.7 Å². The molecule has 0 bridgehead atoms. The molecule has 0 aliphatic carbocycles. The maximum Gasteiger partial charge on any atom is 0.335 e. The van der Waals surface area contributed by atoms with Gasteiger partial charge in [0.15, 0.2) is 0 Å². The molecular formula is C21H21I2N3O5. The molecule has 0 saturated carbocycles. The molecule has 164 valence electrons. The van der Waals surface area contributed by atoms with Crippen LogP contribution in [0.3, 0.4) is 0 Å². The predicted octanol–water partition coefficient (Wildman–Crippen LogP) is 2.96. The summed E-state index contributed by atoms with van der Waals surface area (Å²) >= 11 is 4.39. The van der Waals surface area contributed by atoms with Gasteiger partial charge < -0.3 is 14.6 Å². The third-order valence-electron chi connectivity index (χ3n) is 4.48. The van der Waals surface area contributed by atoms with Crippen LogP contribution in [0.2, 0.25) is 0 Å². The van der Waals surface area contributed by atoms with Gasteiger partial charge in [-0.2, -0.15) is 5.10 Å². The van der Waals surface area contributed by atoms with Crippen LogP contribution in [0.5, 0.6) is 5.75 Å². The quantitative estimate of drug-likeness (QED) is 0.260. The highest BCUT2D eigenvalue weighted by Gasteiger charge is 2.14. The zero-order valence-electron chi connectivity index (χ0n) is 16.5. The molecule has 0 aromatic heterocycles. The highest BCUT2D eigenvalue weighted by molar-refractivity contribution is 14.1. The Labute approximate surface area is 207 Å². The molecule has 2 N–H and O–H groups in total. The lowest BCUT2D eigenvalue weighted by atomic mass is 10.1. The molecule has 1 aliphatic rings. The summed E-state index contributed by atoms with van der Waals surface area (Å²) in [6.45, 7) is 3.43. The lowest BCUT2D eigenvalue weighted by Gasteiger charge is -2.25. The van der Waals surface area contributed by atoms with Gasteiger partial charge in [-0.05, 0) is 80.6 Å². The average Bonchev–Trinajstić information content (AvgIpc) is 2.74. The Morgan fingerprint density at radius 3 is 2.42 bits per heavy atom. The first-order valence-electron chi connectivity index (χ1n) is 9.48. The number of carbonyl (C=O) groups is 2. The maximum atomic E-state index is 12.0. The minimum Gasteiger partial charge on any atom is -0.487 e. The Balaban J connectivity index is 1.54. The number of hydrogen-bond acceptors (Lipinski definition) is 6. The second-order valence-corrected chi connectivity index (χ2v) is 9.11. The Morgan fingerprint density at radius 1 is 1.16 bits per heavy atom. The Kier molecular flexibility index (Phi) is 9.04. The number of morpholine rings is 1. The third kappa shape index (κ3) is 7.40. The molecule has 2 aromatic carbocycles. The van der Waals surface area contributed by atoms with E-state index in [1.165, 1.54) is 0 Å². The van der Waals surface area contributed by atoms with Gasteiger partial charge in [-0.25, -0.2) is 10.2 Å². The minimum absolute atomic E-state index is 0.156. The lowest BCUT2D eigenvalue weighted by Crippen LogP contribution is -2.42. The second-order valence-electron chi connectivity index (χ2n) is 6.79. The van der Waals surface area contributed by atoms with E-state index in [0.29, 0.717) is 26.4 Å². The highest BCUT2D eigenvalue weighted by atomic mass is 127. The van der Waals surface area contributed by atoms with Crippen LogP contribution in [-0.2, 0) is 16.1 Å². The van der Waals surface area contributed by atoms with Crippen LogP contribution in [0.25, 0.3) is 0 Å². The van der Waals surface area contributed by atoms with Gasteiger partial charge >= 0.3 is 5.97 Å². The molecule has 1 aliphatic heterocycles. The molecule has 0 radical (unpaired) electrons. The number of benzene rings is 2. The van der Waals surface area contributed by atoms with Gasteiger partial charge in [0.25, 0.3) is 5.91 Å². The molecular weight excluding hydrogens is 628 g/mol. The molecule has 2 aromatic rings. The van der Waals surface area contributed by atoms with E-state index in [2.05, 4.69) is 55.7 Å². The standard InChI is InChI=1S/C21H21I2N3O5/c22-17-9-15(11-24-25-19(27)12-26-5-7-30-8-6-26)10-18(23)20(17)31-13-14-1-3-16(4-2-14)21(28)29/h1-4,9-11H,5-8,12-13H2,(H,25,27)(H,28,29)/b24-11+. The molecule has 0 atom stereocenters. The van der Waals surface area contributed by atoms with Crippen LogP contribution in [0, 0.1) is 7.14 Å². The van der Waals surface area contributed by atoms with Gasteiger partial charge in [-0.3, -0.25) is 9.69 Å². The van der Waals surface area contributed by atoms with Crippen molar-refractivity contribution in [2.45, 2.75) is 6.61 Å². The number of rotatable bonds is 8. The van der Waals surface area contributed by atoms with Gasteiger partial charge in [0.1, 0.15) is 12.4 Å². The van der Waals surface area contributed by atoms with Gasteiger partial charge in [-0.1, -0.05) is 12.1 Å². The first-order valence-corrected chi connectivity index (χ1v) is 11.6. The second kappa shape index (κ2) is 11.7. The molecule has 10 heteroatoms. The van der Waals surface area contributed by atoms with E-state index in [0.717, 1.165) is 37.1 Å². The van der Waals surface area contributed by atoms with Crippen LogP contribution in [0.4, 0.5) is 0 Å². The zero-order valence-corrected chi connectivity index (χ0v) is 20.8. The molecule has 8 nitrogen and oxygen atoms in total. The first kappa shape index (κ1) is 23.9. The van der Waals surface area contributed by atoms with Crippen molar-refractivity contribution in [1.29, 1.82) is 0 Å². The van der Waals surface area contributed by atoms with Gasteiger partial charge in [0, 0.05) is 13.1 Å². The van der Waals surface area contributed by atoms with Crippen molar-refractivity contribution in [3.63, 3.8) is 0 Å². The summed E-state index contributed by atoms with van der Waals surface area (Å²) < 4.78 is 13.0. The Hall–Kier alpha value is -1.77. The van der Waals surface area contributed by atoms with Crippen molar-refractivity contribution in [2.24, 2.45) is 5.10 Å². The fourth-order valence-corrected chi connectivity index (χ4v) is 5.00. The molecule has 1 saturated heterocycles. The number of nitrogens with zero attached hydrogens (tertiary/aromatic N) is 2. The van der Waals surface area contributed by atoms with Crippen LogP contribution in [0.15, 0.2) is 41.5 Å².